The van der Waals surface area contributed by atoms with Crippen molar-refractivity contribution in [2.75, 3.05) is 21.3 Å². The Morgan fingerprint density at radius 1 is 0.407 bits per heavy atom. The molecular weight excluding hydrogens is 690 g/mol. The molecule has 0 saturated carbocycles. The fourth-order valence-electron chi connectivity index (χ4n) is 6.53. The standard InChI is InChI=1S/C42H39N3O9/c1-49-37-19-28-16-32-23-41(53-26-35-11-5-8-14-44(35)47)39(51-3)21-30(32)18-33-24-42(54-27-36-12-6-9-15-45(36)48)38(50-2)20-29(33)17-31(28)22-40(37)52-25-34-10-4-7-13-43(34)46/h4-15,19-24H,16-18,25-27H2,1-3H3. The third-order valence-corrected chi connectivity index (χ3v) is 9.44. The van der Waals surface area contributed by atoms with E-state index in [4.69, 9.17) is 28.4 Å². The highest BCUT2D eigenvalue weighted by atomic mass is 16.5. The van der Waals surface area contributed by atoms with Crippen LogP contribution >= 0.6 is 0 Å². The summed E-state index contributed by atoms with van der Waals surface area (Å²) in [6.07, 6.45) is 5.84. The minimum absolute atomic E-state index is 0.0451. The Kier molecular flexibility index (Phi) is 10.5. The lowest BCUT2D eigenvalue weighted by atomic mass is 9.94. The van der Waals surface area contributed by atoms with Gasteiger partial charge in [0.1, 0.15) is 0 Å². The number of aromatic nitrogens is 3. The third kappa shape index (κ3) is 7.73. The predicted molar refractivity (Wildman–Crippen MR) is 197 cm³/mol. The minimum atomic E-state index is 0.0451. The number of fused-ring (bicyclic) bond motifs is 3. The molecule has 12 heteroatoms. The monoisotopic (exact) mass is 729 g/mol. The van der Waals surface area contributed by atoms with Crippen LogP contribution in [0.25, 0.3) is 0 Å². The van der Waals surface area contributed by atoms with Gasteiger partial charge >= 0.3 is 0 Å². The van der Waals surface area contributed by atoms with Gasteiger partial charge in [-0.25, -0.2) is 0 Å². The average molecular weight is 730 g/mol. The van der Waals surface area contributed by atoms with Crippen LogP contribution in [0.5, 0.6) is 34.5 Å². The van der Waals surface area contributed by atoms with Gasteiger partial charge in [0.25, 0.3) is 0 Å². The van der Waals surface area contributed by atoms with E-state index in [2.05, 4.69) is 0 Å². The first-order valence-electron chi connectivity index (χ1n) is 17.3. The number of hydrogen-bond acceptors (Lipinski definition) is 9. The molecule has 7 rings (SSSR count). The summed E-state index contributed by atoms with van der Waals surface area (Å²) in [6, 6.07) is 27.3. The van der Waals surface area contributed by atoms with Gasteiger partial charge in [-0.3, -0.25) is 0 Å². The molecule has 0 unspecified atom stereocenters. The second-order valence-electron chi connectivity index (χ2n) is 12.8. The second-order valence-corrected chi connectivity index (χ2v) is 12.8. The van der Waals surface area contributed by atoms with Crippen molar-refractivity contribution >= 4 is 0 Å². The Morgan fingerprint density at radius 3 is 0.907 bits per heavy atom. The third-order valence-electron chi connectivity index (χ3n) is 9.44. The zero-order valence-corrected chi connectivity index (χ0v) is 30.2. The maximum Gasteiger partial charge on any atom is 0.230 e. The van der Waals surface area contributed by atoms with E-state index in [0.29, 0.717) is 70.8 Å². The molecule has 3 aromatic heterocycles. The number of rotatable bonds is 12. The SMILES string of the molecule is COc1cc2c(cc1OCc1cccc[n+]1[O-])Cc1cc(OC)c(OCc3cccc[n+]3[O-])cc1Cc1cc(OC)c(OCc3cccc[n+]3[O-])cc1C2. The molecule has 0 N–H and O–H groups in total. The molecule has 0 atom stereocenters. The minimum Gasteiger partial charge on any atom is -0.618 e. The number of pyridine rings is 3. The van der Waals surface area contributed by atoms with Gasteiger partial charge in [-0.05, 0) is 107 Å². The highest BCUT2D eigenvalue weighted by Crippen LogP contribution is 2.41. The van der Waals surface area contributed by atoms with Crippen molar-refractivity contribution in [1.29, 1.82) is 0 Å². The molecule has 276 valence electrons. The lowest BCUT2D eigenvalue weighted by molar-refractivity contribution is -0.616. The van der Waals surface area contributed by atoms with E-state index in [-0.39, 0.29) is 19.8 Å². The predicted octanol–water partition coefficient (Wildman–Crippen LogP) is 5.44. The highest BCUT2D eigenvalue weighted by molar-refractivity contribution is 5.58. The summed E-state index contributed by atoms with van der Waals surface area (Å²) in [5, 5.41) is 37.1. The average Bonchev–Trinajstić information content (AvgIpc) is 3.24. The Labute approximate surface area is 312 Å². The molecule has 12 nitrogen and oxygen atoms in total. The van der Waals surface area contributed by atoms with E-state index in [9.17, 15) is 15.6 Å². The number of hydrogen-bond donors (Lipinski definition) is 0. The Balaban J connectivity index is 1.32. The van der Waals surface area contributed by atoms with Gasteiger partial charge in [-0.1, -0.05) is 0 Å². The lowest BCUT2D eigenvalue weighted by Crippen LogP contribution is -2.31. The molecule has 0 saturated heterocycles. The lowest BCUT2D eigenvalue weighted by Gasteiger charge is -2.18. The van der Waals surface area contributed by atoms with Crippen LogP contribution in [0.4, 0.5) is 0 Å². The van der Waals surface area contributed by atoms with E-state index >= 15 is 0 Å². The number of methoxy groups -OCH3 is 3. The molecule has 1 aliphatic rings. The first-order valence-corrected chi connectivity index (χ1v) is 17.3. The van der Waals surface area contributed by atoms with Crippen LogP contribution in [0.1, 0.15) is 50.5 Å². The van der Waals surface area contributed by atoms with Crippen molar-refractivity contribution in [3.63, 3.8) is 0 Å². The molecule has 6 aromatic rings. The Hall–Kier alpha value is -6.69. The molecule has 3 heterocycles. The van der Waals surface area contributed by atoms with Crippen molar-refractivity contribution in [2.45, 2.75) is 39.1 Å². The van der Waals surface area contributed by atoms with E-state index < -0.39 is 0 Å². The van der Waals surface area contributed by atoms with Crippen LogP contribution < -0.4 is 42.6 Å². The van der Waals surface area contributed by atoms with Crippen LogP contribution in [0.15, 0.2) is 110 Å². The normalized spacial score (nSPS) is 11.8. The maximum absolute atomic E-state index is 12.4. The fraction of sp³-hybridized carbons (Fsp3) is 0.214. The van der Waals surface area contributed by atoms with Crippen molar-refractivity contribution in [3.05, 3.63) is 176 Å². The topological polar surface area (TPSA) is 136 Å². The molecule has 54 heavy (non-hydrogen) atoms. The molecule has 1 aliphatic carbocycles. The highest BCUT2D eigenvalue weighted by Gasteiger charge is 2.23. The van der Waals surface area contributed by atoms with Crippen LogP contribution in [0.2, 0.25) is 0 Å². The van der Waals surface area contributed by atoms with Gasteiger partial charge in [0.05, 0.1) is 21.3 Å². The number of nitrogens with zero attached hydrogens (tertiary/aromatic N) is 3. The fourth-order valence-corrected chi connectivity index (χ4v) is 6.53. The quantitative estimate of drug-likeness (QED) is 0.119. The maximum atomic E-state index is 12.4. The van der Waals surface area contributed by atoms with Gasteiger partial charge in [0.2, 0.25) is 17.1 Å². The van der Waals surface area contributed by atoms with Gasteiger partial charge in [0.15, 0.2) is 72.9 Å². The molecule has 0 spiro atoms. The summed E-state index contributed by atoms with van der Waals surface area (Å²) in [7, 11) is 4.76. The first kappa shape index (κ1) is 35.7. The van der Waals surface area contributed by atoms with Gasteiger partial charge in [-0.2, -0.15) is 14.2 Å². The van der Waals surface area contributed by atoms with Gasteiger partial charge < -0.3 is 44.0 Å². The largest absolute Gasteiger partial charge is 0.618 e. The molecule has 3 aromatic carbocycles. The van der Waals surface area contributed by atoms with Crippen LogP contribution in [-0.2, 0) is 39.1 Å². The summed E-state index contributed by atoms with van der Waals surface area (Å²) in [5.41, 5.74) is 7.28. The summed E-state index contributed by atoms with van der Waals surface area (Å²) in [5.74, 6) is 3.05. The number of benzene rings is 3. The molecule has 0 fully saturated rings. The van der Waals surface area contributed by atoms with Crippen molar-refractivity contribution in [2.24, 2.45) is 0 Å². The number of ether oxygens (including phenoxy) is 6. The molecule has 0 amide bonds. The van der Waals surface area contributed by atoms with Gasteiger partial charge in [-0.15, -0.1) is 0 Å². The first-order chi connectivity index (χ1) is 26.3. The Morgan fingerprint density at radius 2 is 0.667 bits per heavy atom. The van der Waals surface area contributed by atoms with E-state index in [1.165, 1.54) is 18.6 Å². The second kappa shape index (κ2) is 15.9. The van der Waals surface area contributed by atoms with E-state index in [0.717, 1.165) is 47.6 Å². The van der Waals surface area contributed by atoms with E-state index in [1.807, 2.05) is 36.4 Å². The Bertz CT molecular complexity index is 2040. The van der Waals surface area contributed by atoms with Crippen molar-refractivity contribution < 1.29 is 42.6 Å². The summed E-state index contributed by atoms with van der Waals surface area (Å²) in [6.45, 7) is 0.135. The molecule has 0 bridgehead atoms. The van der Waals surface area contributed by atoms with Crippen molar-refractivity contribution in [1.82, 2.24) is 0 Å². The molecule has 0 aliphatic heterocycles. The van der Waals surface area contributed by atoms with Crippen LogP contribution in [0, 0.1) is 15.6 Å². The zero-order chi connectivity index (χ0) is 37.6. The summed E-state index contributed by atoms with van der Waals surface area (Å²) >= 11 is 0. The van der Waals surface area contributed by atoms with Crippen LogP contribution in [0.3, 0.4) is 0 Å². The van der Waals surface area contributed by atoms with Crippen LogP contribution in [-0.4, -0.2) is 21.3 Å². The molecular formula is C42H39N3O9. The molecule has 0 radical (unpaired) electrons. The smallest absolute Gasteiger partial charge is 0.230 e. The summed E-state index contributed by atoms with van der Waals surface area (Å²) < 4.78 is 38.5. The summed E-state index contributed by atoms with van der Waals surface area (Å²) in [4.78, 5) is 0. The van der Waals surface area contributed by atoms with Crippen molar-refractivity contribution in [3.8, 4) is 34.5 Å². The van der Waals surface area contributed by atoms with Gasteiger partial charge in [0, 0.05) is 36.4 Å². The zero-order valence-electron chi connectivity index (χ0n) is 30.2. The van der Waals surface area contributed by atoms with E-state index in [1.54, 1.807) is 75.9 Å².